The van der Waals surface area contributed by atoms with E-state index in [9.17, 15) is 8.78 Å². The number of halogens is 4. The van der Waals surface area contributed by atoms with Crippen LogP contribution in [0.4, 0.5) is 8.78 Å². The highest BCUT2D eigenvalue weighted by molar-refractivity contribution is 9.09. The van der Waals surface area contributed by atoms with Gasteiger partial charge in [-0.1, -0.05) is 60.9 Å². The van der Waals surface area contributed by atoms with Gasteiger partial charge in [0.1, 0.15) is 0 Å². The topological polar surface area (TPSA) is 9.23 Å². The van der Waals surface area contributed by atoms with E-state index in [2.05, 4.69) is 32.3 Å². The monoisotopic (exact) mass is 334 g/mol. The normalized spacial score (nSPS) is 12.0. The molecule has 0 aliphatic heterocycles. The SMILES string of the molecule is FC(F)(Cl)OCCCCCCCCCCCBr. The van der Waals surface area contributed by atoms with Crippen molar-refractivity contribution in [2.45, 2.75) is 63.4 Å². The average Bonchev–Trinajstić information content (AvgIpc) is 2.24. The molecule has 0 spiro atoms. The van der Waals surface area contributed by atoms with Crippen molar-refractivity contribution in [2.75, 3.05) is 11.9 Å². The van der Waals surface area contributed by atoms with E-state index < -0.39 is 5.57 Å². The minimum atomic E-state index is -3.49. The zero-order chi connectivity index (χ0) is 13.0. The molecule has 0 radical (unpaired) electrons. The molecule has 0 aliphatic carbocycles. The molecule has 0 atom stereocenters. The molecule has 104 valence electrons. The summed E-state index contributed by atoms with van der Waals surface area (Å²) in [6.45, 7) is 0.0434. The molecule has 0 heterocycles. The van der Waals surface area contributed by atoms with Crippen LogP contribution in [0.25, 0.3) is 0 Å². The van der Waals surface area contributed by atoms with Crippen molar-refractivity contribution in [1.82, 2.24) is 0 Å². The predicted octanol–water partition coefficient (Wildman–Crippen LogP) is 5.70. The summed E-state index contributed by atoms with van der Waals surface area (Å²) in [5.41, 5.74) is -3.49. The first kappa shape index (κ1) is 17.6. The molecular formula is C12H22BrClF2O. The van der Waals surface area contributed by atoms with Crippen LogP contribution >= 0.6 is 27.5 Å². The second kappa shape index (κ2) is 11.7. The van der Waals surface area contributed by atoms with E-state index in [4.69, 9.17) is 0 Å². The fraction of sp³-hybridized carbons (Fsp3) is 1.00. The zero-order valence-electron chi connectivity index (χ0n) is 10.2. The van der Waals surface area contributed by atoms with Gasteiger partial charge in [-0.05, 0) is 24.4 Å². The van der Waals surface area contributed by atoms with Crippen molar-refractivity contribution in [1.29, 1.82) is 0 Å². The highest BCUT2D eigenvalue weighted by atomic mass is 79.9. The largest absolute Gasteiger partial charge is 0.440 e. The molecule has 0 fully saturated rings. The minimum absolute atomic E-state index is 0.0434. The van der Waals surface area contributed by atoms with Gasteiger partial charge in [-0.2, -0.15) is 8.78 Å². The fourth-order valence-corrected chi connectivity index (χ4v) is 2.10. The third kappa shape index (κ3) is 16.6. The van der Waals surface area contributed by atoms with E-state index >= 15 is 0 Å². The van der Waals surface area contributed by atoms with Gasteiger partial charge in [-0.15, -0.1) is 0 Å². The van der Waals surface area contributed by atoms with Gasteiger partial charge in [-0.25, -0.2) is 0 Å². The molecule has 17 heavy (non-hydrogen) atoms. The Morgan fingerprint density at radius 3 is 1.65 bits per heavy atom. The summed E-state index contributed by atoms with van der Waals surface area (Å²) in [6, 6.07) is 0. The molecule has 0 saturated heterocycles. The summed E-state index contributed by atoms with van der Waals surface area (Å²) in [5, 5.41) is 1.10. The molecule has 0 saturated carbocycles. The molecule has 5 heteroatoms. The summed E-state index contributed by atoms with van der Waals surface area (Å²) < 4.78 is 28.2. The van der Waals surface area contributed by atoms with E-state index in [0.29, 0.717) is 6.42 Å². The van der Waals surface area contributed by atoms with Crippen LogP contribution in [-0.2, 0) is 4.74 Å². The standard InChI is InChI=1S/C12H22BrClF2O/c13-10-8-6-4-2-1-3-5-7-9-11-17-12(14,15)16/h1-11H2. The van der Waals surface area contributed by atoms with Crippen LogP contribution in [0.2, 0.25) is 0 Å². The van der Waals surface area contributed by atoms with E-state index in [1.807, 2.05) is 0 Å². The van der Waals surface area contributed by atoms with Crippen LogP contribution in [0, 0.1) is 0 Å². The summed E-state index contributed by atoms with van der Waals surface area (Å²) in [5.74, 6) is 0. The van der Waals surface area contributed by atoms with Crippen LogP contribution in [0.3, 0.4) is 0 Å². The summed E-state index contributed by atoms with van der Waals surface area (Å²) in [4.78, 5) is 0. The Kier molecular flexibility index (Phi) is 12.1. The van der Waals surface area contributed by atoms with Gasteiger partial charge in [0.2, 0.25) is 0 Å². The lowest BCUT2D eigenvalue weighted by Gasteiger charge is -2.08. The highest BCUT2D eigenvalue weighted by Crippen LogP contribution is 2.20. The van der Waals surface area contributed by atoms with Gasteiger partial charge in [-0.3, -0.25) is 0 Å². The first-order valence-corrected chi connectivity index (χ1v) is 7.83. The number of alkyl halides is 4. The lowest BCUT2D eigenvalue weighted by molar-refractivity contribution is -0.170. The molecule has 0 aromatic carbocycles. The van der Waals surface area contributed by atoms with Gasteiger partial charge >= 0.3 is 5.57 Å². The minimum Gasteiger partial charge on any atom is -0.307 e. The van der Waals surface area contributed by atoms with Crippen molar-refractivity contribution in [3.63, 3.8) is 0 Å². The smallest absolute Gasteiger partial charge is 0.307 e. The number of hydrogen-bond donors (Lipinski definition) is 0. The Bertz CT molecular complexity index is 165. The lowest BCUT2D eigenvalue weighted by atomic mass is 10.1. The molecule has 0 N–H and O–H groups in total. The quantitative estimate of drug-likeness (QED) is 0.328. The first-order valence-electron chi connectivity index (χ1n) is 6.33. The van der Waals surface area contributed by atoms with E-state index in [1.54, 1.807) is 0 Å². The highest BCUT2D eigenvalue weighted by Gasteiger charge is 2.24. The van der Waals surface area contributed by atoms with Gasteiger partial charge in [0.05, 0.1) is 6.61 Å². The number of ether oxygens (including phenoxy) is 1. The summed E-state index contributed by atoms with van der Waals surface area (Å²) >= 11 is 8.00. The number of unbranched alkanes of at least 4 members (excludes halogenated alkanes) is 8. The molecule has 0 aliphatic rings. The fourth-order valence-electron chi connectivity index (χ4n) is 1.62. The molecule has 0 aromatic heterocycles. The molecule has 0 unspecified atom stereocenters. The third-order valence-corrected chi connectivity index (χ3v) is 3.21. The Balaban J connectivity index is 2.99. The second-order valence-electron chi connectivity index (χ2n) is 4.17. The summed E-state index contributed by atoms with van der Waals surface area (Å²) in [7, 11) is 0. The lowest BCUT2D eigenvalue weighted by Crippen LogP contribution is -2.12. The third-order valence-electron chi connectivity index (χ3n) is 2.54. The van der Waals surface area contributed by atoms with Crippen molar-refractivity contribution in [3.05, 3.63) is 0 Å². The maximum absolute atomic E-state index is 12.0. The molecule has 0 rings (SSSR count). The van der Waals surface area contributed by atoms with Crippen molar-refractivity contribution >= 4 is 27.5 Å². The molecule has 0 aromatic rings. The zero-order valence-corrected chi connectivity index (χ0v) is 12.5. The number of rotatable bonds is 12. The van der Waals surface area contributed by atoms with Crippen LogP contribution in [0.5, 0.6) is 0 Å². The van der Waals surface area contributed by atoms with Crippen LogP contribution < -0.4 is 0 Å². The summed E-state index contributed by atoms with van der Waals surface area (Å²) in [6.07, 6.45) is 10.3. The van der Waals surface area contributed by atoms with Crippen LogP contribution in [-0.4, -0.2) is 17.5 Å². The first-order chi connectivity index (χ1) is 8.06. The maximum Gasteiger partial charge on any atom is 0.440 e. The second-order valence-corrected chi connectivity index (χ2v) is 5.40. The van der Waals surface area contributed by atoms with Crippen molar-refractivity contribution in [2.24, 2.45) is 0 Å². The van der Waals surface area contributed by atoms with Gasteiger partial charge in [0.15, 0.2) is 0 Å². The Morgan fingerprint density at radius 2 is 1.24 bits per heavy atom. The van der Waals surface area contributed by atoms with Crippen LogP contribution in [0.15, 0.2) is 0 Å². The van der Waals surface area contributed by atoms with Crippen LogP contribution in [0.1, 0.15) is 57.8 Å². The average molecular weight is 336 g/mol. The van der Waals surface area contributed by atoms with Gasteiger partial charge in [0.25, 0.3) is 0 Å². The molecular weight excluding hydrogens is 313 g/mol. The Hall–Kier alpha value is 0.590. The maximum atomic E-state index is 12.0. The Morgan fingerprint density at radius 1 is 0.824 bits per heavy atom. The van der Waals surface area contributed by atoms with E-state index in [-0.39, 0.29) is 6.61 Å². The molecule has 0 bridgehead atoms. The Labute approximate surface area is 116 Å². The number of hydrogen-bond acceptors (Lipinski definition) is 1. The van der Waals surface area contributed by atoms with Gasteiger partial charge < -0.3 is 4.74 Å². The van der Waals surface area contributed by atoms with E-state index in [0.717, 1.165) is 18.2 Å². The van der Waals surface area contributed by atoms with Gasteiger partial charge in [0, 0.05) is 5.33 Å². The van der Waals surface area contributed by atoms with Crippen molar-refractivity contribution in [3.8, 4) is 0 Å². The van der Waals surface area contributed by atoms with E-state index in [1.165, 1.54) is 38.5 Å². The molecule has 1 nitrogen and oxygen atoms in total. The predicted molar refractivity (Wildman–Crippen MR) is 72.1 cm³/mol. The van der Waals surface area contributed by atoms with Crippen molar-refractivity contribution < 1.29 is 13.5 Å². The molecule has 0 amide bonds.